The van der Waals surface area contributed by atoms with Gasteiger partial charge in [-0.25, -0.2) is 0 Å². The maximum atomic E-state index is 12.6. The van der Waals surface area contributed by atoms with Crippen LogP contribution in [0.2, 0.25) is 0 Å². The van der Waals surface area contributed by atoms with E-state index >= 15 is 0 Å². The molecule has 2 aliphatic carbocycles. The first kappa shape index (κ1) is 19.4. The molecule has 0 unspecified atom stereocenters. The van der Waals surface area contributed by atoms with Gasteiger partial charge in [0, 0.05) is 36.2 Å². The van der Waals surface area contributed by atoms with Crippen LogP contribution < -0.4 is 16.0 Å². The molecule has 0 bridgehead atoms. The molecule has 0 aliphatic heterocycles. The van der Waals surface area contributed by atoms with Crippen LogP contribution in [-0.2, 0) is 14.4 Å². The van der Waals surface area contributed by atoms with E-state index in [0.717, 1.165) is 38.5 Å². The van der Waals surface area contributed by atoms with Crippen molar-refractivity contribution in [1.29, 1.82) is 0 Å². The minimum Gasteiger partial charge on any atom is -0.353 e. The summed E-state index contributed by atoms with van der Waals surface area (Å²) in [5.41, 5.74) is 1.33. The normalized spacial score (nSPS) is 22.9. The van der Waals surface area contributed by atoms with E-state index in [9.17, 15) is 14.4 Å². The number of carbonyl (C=O) groups is 3. The highest BCUT2D eigenvalue weighted by Gasteiger charge is 2.31. The van der Waals surface area contributed by atoms with E-state index in [0.29, 0.717) is 17.4 Å². The molecule has 0 saturated heterocycles. The number of carbonyl (C=O) groups excluding carboxylic acids is 3. The van der Waals surface area contributed by atoms with Gasteiger partial charge in [0.05, 0.1) is 0 Å². The maximum Gasteiger partial charge on any atom is 0.227 e. The highest BCUT2D eigenvalue weighted by molar-refractivity contribution is 5.94. The number of anilines is 2. The van der Waals surface area contributed by atoms with E-state index in [1.807, 2.05) is 6.07 Å². The van der Waals surface area contributed by atoms with Crippen LogP contribution in [0.15, 0.2) is 24.3 Å². The third-order valence-electron chi connectivity index (χ3n) is 5.62. The Morgan fingerprint density at radius 3 is 1.96 bits per heavy atom. The Balaban J connectivity index is 1.47. The number of benzene rings is 1. The molecule has 2 aliphatic rings. The predicted molar refractivity (Wildman–Crippen MR) is 105 cm³/mol. The summed E-state index contributed by atoms with van der Waals surface area (Å²) in [6, 6.07) is 7.50. The van der Waals surface area contributed by atoms with Crippen molar-refractivity contribution in [3.63, 3.8) is 0 Å². The molecule has 3 rings (SSSR count). The second-order valence-corrected chi connectivity index (χ2v) is 7.79. The van der Waals surface area contributed by atoms with Crippen molar-refractivity contribution in [2.45, 2.75) is 64.3 Å². The van der Waals surface area contributed by atoms with Gasteiger partial charge < -0.3 is 16.0 Å². The van der Waals surface area contributed by atoms with Crippen molar-refractivity contribution in [2.24, 2.45) is 11.8 Å². The SMILES string of the molecule is CC(=O)Nc1cccc(NC(=O)C2CCC(C(=O)NC3CCCC3)CC2)c1. The molecule has 0 heterocycles. The number of amides is 3. The average molecular weight is 371 g/mol. The standard InChI is InChI=1S/C21H29N3O3/c1-14(25)22-18-7-4-8-19(13-18)24-21(27)16-11-9-15(10-12-16)20(26)23-17-5-2-3-6-17/h4,7-8,13,15-17H,2-3,5-6,9-12H2,1H3,(H,22,25)(H,23,26)(H,24,27). The maximum absolute atomic E-state index is 12.6. The van der Waals surface area contributed by atoms with Crippen LogP contribution in [0.25, 0.3) is 0 Å². The summed E-state index contributed by atoms with van der Waals surface area (Å²) >= 11 is 0. The third-order valence-corrected chi connectivity index (χ3v) is 5.62. The van der Waals surface area contributed by atoms with Gasteiger partial charge in [0.25, 0.3) is 0 Å². The van der Waals surface area contributed by atoms with E-state index in [2.05, 4.69) is 16.0 Å². The molecule has 1 aromatic carbocycles. The first-order valence-electron chi connectivity index (χ1n) is 10.00. The second-order valence-electron chi connectivity index (χ2n) is 7.79. The fraction of sp³-hybridized carbons (Fsp3) is 0.571. The van der Waals surface area contributed by atoms with Crippen molar-refractivity contribution >= 4 is 29.1 Å². The van der Waals surface area contributed by atoms with Gasteiger partial charge in [-0.1, -0.05) is 18.9 Å². The first-order chi connectivity index (χ1) is 13.0. The lowest BCUT2D eigenvalue weighted by atomic mass is 9.81. The molecule has 2 fully saturated rings. The van der Waals surface area contributed by atoms with E-state index in [1.165, 1.54) is 19.8 Å². The minimum atomic E-state index is -0.146. The van der Waals surface area contributed by atoms with Gasteiger partial charge in [0.2, 0.25) is 17.7 Å². The molecule has 1 aromatic rings. The molecule has 0 aromatic heterocycles. The smallest absolute Gasteiger partial charge is 0.227 e. The Hall–Kier alpha value is -2.37. The summed E-state index contributed by atoms with van der Waals surface area (Å²) in [6.45, 7) is 1.45. The second kappa shape index (κ2) is 9.02. The van der Waals surface area contributed by atoms with Gasteiger partial charge in [-0.3, -0.25) is 14.4 Å². The Kier molecular flexibility index (Phi) is 6.48. The van der Waals surface area contributed by atoms with Crippen LogP contribution in [0.5, 0.6) is 0 Å². The van der Waals surface area contributed by atoms with Gasteiger partial charge in [-0.2, -0.15) is 0 Å². The van der Waals surface area contributed by atoms with Gasteiger partial charge in [-0.05, 0) is 56.7 Å². The number of hydrogen-bond donors (Lipinski definition) is 3. The zero-order chi connectivity index (χ0) is 19.2. The van der Waals surface area contributed by atoms with Crippen molar-refractivity contribution < 1.29 is 14.4 Å². The summed E-state index contributed by atoms with van der Waals surface area (Å²) in [5.74, 6) is -0.0104. The van der Waals surface area contributed by atoms with Crippen LogP contribution in [0, 0.1) is 11.8 Å². The van der Waals surface area contributed by atoms with E-state index in [-0.39, 0.29) is 29.6 Å². The average Bonchev–Trinajstić information content (AvgIpc) is 3.14. The Morgan fingerprint density at radius 1 is 0.815 bits per heavy atom. The Morgan fingerprint density at radius 2 is 1.37 bits per heavy atom. The van der Waals surface area contributed by atoms with Gasteiger partial charge in [-0.15, -0.1) is 0 Å². The molecule has 0 atom stereocenters. The highest BCUT2D eigenvalue weighted by Crippen LogP contribution is 2.30. The topological polar surface area (TPSA) is 87.3 Å². The van der Waals surface area contributed by atoms with Crippen molar-refractivity contribution in [3.8, 4) is 0 Å². The lowest BCUT2D eigenvalue weighted by molar-refractivity contribution is -0.129. The zero-order valence-corrected chi connectivity index (χ0v) is 15.9. The van der Waals surface area contributed by atoms with Gasteiger partial charge in [0.1, 0.15) is 0 Å². The molecule has 0 radical (unpaired) electrons. The molecule has 3 amide bonds. The van der Waals surface area contributed by atoms with Crippen LogP contribution >= 0.6 is 0 Å². The van der Waals surface area contributed by atoms with Gasteiger partial charge >= 0.3 is 0 Å². The molecular formula is C21H29N3O3. The summed E-state index contributed by atoms with van der Waals surface area (Å²) in [4.78, 5) is 36.1. The molecular weight excluding hydrogens is 342 g/mol. The fourth-order valence-electron chi connectivity index (χ4n) is 4.13. The first-order valence-corrected chi connectivity index (χ1v) is 10.00. The summed E-state index contributed by atoms with van der Waals surface area (Å²) in [5, 5.41) is 8.83. The molecule has 27 heavy (non-hydrogen) atoms. The van der Waals surface area contributed by atoms with Crippen LogP contribution in [0.4, 0.5) is 11.4 Å². The Bertz CT molecular complexity index is 690. The van der Waals surface area contributed by atoms with Crippen molar-refractivity contribution in [3.05, 3.63) is 24.3 Å². The zero-order valence-electron chi connectivity index (χ0n) is 15.9. The molecule has 6 nitrogen and oxygen atoms in total. The van der Waals surface area contributed by atoms with E-state index in [1.54, 1.807) is 18.2 Å². The quantitative estimate of drug-likeness (QED) is 0.741. The van der Waals surface area contributed by atoms with Crippen molar-refractivity contribution in [1.82, 2.24) is 5.32 Å². The summed E-state index contributed by atoms with van der Waals surface area (Å²) < 4.78 is 0. The summed E-state index contributed by atoms with van der Waals surface area (Å²) in [7, 11) is 0. The van der Waals surface area contributed by atoms with E-state index < -0.39 is 0 Å². The largest absolute Gasteiger partial charge is 0.353 e. The van der Waals surface area contributed by atoms with Crippen LogP contribution in [0.3, 0.4) is 0 Å². The number of hydrogen-bond acceptors (Lipinski definition) is 3. The third kappa shape index (κ3) is 5.55. The molecule has 3 N–H and O–H groups in total. The minimum absolute atomic E-state index is 0.00961. The fourth-order valence-corrected chi connectivity index (χ4v) is 4.13. The lowest BCUT2D eigenvalue weighted by Crippen LogP contribution is -2.39. The number of nitrogens with one attached hydrogen (secondary N) is 3. The lowest BCUT2D eigenvalue weighted by Gasteiger charge is -2.28. The molecule has 0 spiro atoms. The highest BCUT2D eigenvalue weighted by atomic mass is 16.2. The van der Waals surface area contributed by atoms with Gasteiger partial charge in [0.15, 0.2) is 0 Å². The molecule has 6 heteroatoms. The van der Waals surface area contributed by atoms with Crippen LogP contribution in [-0.4, -0.2) is 23.8 Å². The molecule has 146 valence electrons. The summed E-state index contributed by atoms with van der Waals surface area (Å²) in [6.07, 6.45) is 7.62. The van der Waals surface area contributed by atoms with Crippen molar-refractivity contribution in [2.75, 3.05) is 10.6 Å². The number of rotatable bonds is 5. The monoisotopic (exact) mass is 371 g/mol. The van der Waals surface area contributed by atoms with E-state index in [4.69, 9.17) is 0 Å². The predicted octanol–water partition coefficient (Wildman–Crippen LogP) is 3.45. The molecule has 2 saturated carbocycles. The van der Waals surface area contributed by atoms with Crippen LogP contribution in [0.1, 0.15) is 58.3 Å². The Labute approximate surface area is 160 Å².